The topological polar surface area (TPSA) is 72.7 Å². The van der Waals surface area contributed by atoms with Crippen LogP contribution in [0.4, 0.5) is 0 Å². The van der Waals surface area contributed by atoms with Gasteiger partial charge in [-0.1, -0.05) is 54.6 Å². The molecule has 5 rings (SSSR count). The fraction of sp³-hybridized carbons (Fsp3) is 0.111. The number of hydrogen-bond donors (Lipinski definition) is 1. The van der Waals surface area contributed by atoms with Crippen LogP contribution in [0.5, 0.6) is 0 Å². The summed E-state index contributed by atoms with van der Waals surface area (Å²) in [7, 11) is 0. The van der Waals surface area contributed by atoms with Crippen molar-refractivity contribution in [3.8, 4) is 21.8 Å². The highest BCUT2D eigenvalue weighted by Crippen LogP contribution is 2.25. The van der Waals surface area contributed by atoms with Gasteiger partial charge in [0.15, 0.2) is 0 Å². The lowest BCUT2D eigenvalue weighted by Crippen LogP contribution is -2.25. The van der Waals surface area contributed by atoms with Gasteiger partial charge in [-0.3, -0.25) is 14.5 Å². The molecular formula is C27H23N5OS. The molecule has 168 valence electrons. The van der Waals surface area contributed by atoms with Gasteiger partial charge >= 0.3 is 0 Å². The van der Waals surface area contributed by atoms with E-state index in [-0.39, 0.29) is 12.3 Å². The van der Waals surface area contributed by atoms with Gasteiger partial charge in [0.25, 0.3) is 0 Å². The zero-order valence-electron chi connectivity index (χ0n) is 18.5. The molecule has 0 saturated heterocycles. The average Bonchev–Trinajstić information content (AvgIpc) is 3.56. The van der Waals surface area contributed by atoms with E-state index in [1.165, 1.54) is 16.9 Å². The van der Waals surface area contributed by atoms with Crippen molar-refractivity contribution in [3.05, 3.63) is 114 Å². The fourth-order valence-electron chi connectivity index (χ4n) is 3.74. The number of rotatable bonds is 8. The number of aromatic nitrogens is 4. The minimum absolute atomic E-state index is 0.0535. The minimum atomic E-state index is -0.0535. The van der Waals surface area contributed by atoms with Crippen LogP contribution >= 0.6 is 11.3 Å². The molecule has 6 nitrogen and oxygen atoms in total. The monoisotopic (exact) mass is 465 g/mol. The van der Waals surface area contributed by atoms with E-state index in [4.69, 9.17) is 0 Å². The van der Waals surface area contributed by atoms with Crippen molar-refractivity contribution in [2.75, 3.05) is 0 Å². The highest BCUT2D eigenvalue weighted by Gasteiger charge is 2.11. The van der Waals surface area contributed by atoms with E-state index in [0.717, 1.165) is 39.6 Å². The lowest BCUT2D eigenvalue weighted by Gasteiger charge is -2.12. The number of carbonyl (C=O) groups excluding carboxylic acids is 1. The third-order valence-corrected chi connectivity index (χ3v) is 6.35. The maximum Gasteiger partial charge on any atom is 0.226 e. The number of carbonyl (C=O) groups is 1. The molecule has 0 bridgehead atoms. The van der Waals surface area contributed by atoms with Crippen LogP contribution in [0.15, 0.2) is 96.8 Å². The maximum atomic E-state index is 12.6. The van der Waals surface area contributed by atoms with Gasteiger partial charge in [0.1, 0.15) is 5.01 Å². The Balaban J connectivity index is 1.22. The number of nitrogens with one attached hydrogen (secondary N) is 1. The van der Waals surface area contributed by atoms with Crippen molar-refractivity contribution >= 4 is 17.2 Å². The molecule has 2 aromatic carbocycles. The van der Waals surface area contributed by atoms with E-state index < -0.39 is 0 Å². The summed E-state index contributed by atoms with van der Waals surface area (Å²) in [6.45, 7) is 1.20. The summed E-state index contributed by atoms with van der Waals surface area (Å²) in [5.41, 5.74) is 6.07. The molecule has 5 aromatic rings. The molecule has 0 unspecified atom stereocenters. The summed E-state index contributed by atoms with van der Waals surface area (Å²) in [6.07, 6.45) is 5.73. The molecule has 0 aliphatic rings. The Morgan fingerprint density at radius 1 is 0.941 bits per heavy atom. The third-order valence-electron chi connectivity index (χ3n) is 5.44. The second-order valence-electron chi connectivity index (χ2n) is 7.87. The first kappa shape index (κ1) is 21.7. The molecule has 0 atom stereocenters. The smallest absolute Gasteiger partial charge is 0.226 e. The zero-order chi connectivity index (χ0) is 23.2. The van der Waals surface area contributed by atoms with E-state index in [2.05, 4.69) is 56.8 Å². The van der Waals surface area contributed by atoms with E-state index in [1.807, 2.05) is 52.7 Å². The molecule has 3 heterocycles. The van der Waals surface area contributed by atoms with Crippen LogP contribution in [0, 0.1) is 0 Å². The van der Waals surface area contributed by atoms with Gasteiger partial charge in [0.2, 0.25) is 5.91 Å². The molecule has 0 spiro atoms. The molecular weight excluding hydrogens is 442 g/mol. The van der Waals surface area contributed by atoms with Gasteiger partial charge in [0.05, 0.1) is 24.4 Å². The highest BCUT2D eigenvalue weighted by molar-refractivity contribution is 7.13. The largest absolute Gasteiger partial charge is 0.352 e. The highest BCUT2D eigenvalue weighted by atomic mass is 32.1. The van der Waals surface area contributed by atoms with Gasteiger partial charge in [0, 0.05) is 30.5 Å². The Hall–Kier alpha value is -4.10. The van der Waals surface area contributed by atoms with Crippen molar-refractivity contribution in [1.82, 2.24) is 25.1 Å². The van der Waals surface area contributed by atoms with E-state index in [0.29, 0.717) is 6.54 Å². The first-order valence-corrected chi connectivity index (χ1v) is 11.9. The van der Waals surface area contributed by atoms with Gasteiger partial charge in [-0.2, -0.15) is 5.10 Å². The molecule has 0 fully saturated rings. The lowest BCUT2D eigenvalue weighted by atomic mass is 9.98. The summed E-state index contributed by atoms with van der Waals surface area (Å²) >= 11 is 1.50. The van der Waals surface area contributed by atoms with Gasteiger partial charge in [-0.25, -0.2) is 4.98 Å². The van der Waals surface area contributed by atoms with Crippen LogP contribution in [0.1, 0.15) is 16.8 Å². The predicted octanol–water partition coefficient (Wildman–Crippen LogP) is 4.98. The number of hydrogen-bond acceptors (Lipinski definition) is 5. The molecule has 3 aromatic heterocycles. The number of thiazole rings is 1. The number of pyridine rings is 1. The second kappa shape index (κ2) is 10.2. The van der Waals surface area contributed by atoms with Crippen molar-refractivity contribution < 1.29 is 4.79 Å². The van der Waals surface area contributed by atoms with Gasteiger partial charge in [-0.05, 0) is 40.5 Å². The first-order valence-electron chi connectivity index (χ1n) is 11.0. The SMILES string of the molecule is O=C(Cc1csc(-c2ccccn2)n1)NCc1ccccc1-c1ccc(Cn2cccn2)cc1. The average molecular weight is 466 g/mol. The van der Waals surface area contributed by atoms with Crippen LogP contribution in [-0.4, -0.2) is 25.7 Å². The van der Waals surface area contributed by atoms with E-state index in [9.17, 15) is 4.79 Å². The molecule has 1 N–H and O–H groups in total. The van der Waals surface area contributed by atoms with E-state index in [1.54, 1.807) is 12.4 Å². The third kappa shape index (κ3) is 5.27. The zero-order valence-corrected chi connectivity index (χ0v) is 19.3. The quantitative estimate of drug-likeness (QED) is 0.351. The second-order valence-corrected chi connectivity index (χ2v) is 8.73. The van der Waals surface area contributed by atoms with Crippen LogP contribution in [0.3, 0.4) is 0 Å². The lowest BCUT2D eigenvalue weighted by molar-refractivity contribution is -0.120. The summed E-state index contributed by atoms with van der Waals surface area (Å²) < 4.78 is 1.90. The summed E-state index contributed by atoms with van der Waals surface area (Å²) in [6, 6.07) is 24.3. The number of nitrogens with zero attached hydrogens (tertiary/aromatic N) is 4. The summed E-state index contributed by atoms with van der Waals surface area (Å²) in [5, 5.41) is 10.1. The Kier molecular flexibility index (Phi) is 6.54. The van der Waals surface area contributed by atoms with Crippen molar-refractivity contribution in [2.45, 2.75) is 19.5 Å². The summed E-state index contributed by atoms with van der Waals surface area (Å²) in [5.74, 6) is -0.0535. The molecule has 34 heavy (non-hydrogen) atoms. The Bertz CT molecular complexity index is 1360. The molecule has 0 aliphatic heterocycles. The maximum absolute atomic E-state index is 12.6. The summed E-state index contributed by atoms with van der Waals surface area (Å²) in [4.78, 5) is 21.5. The van der Waals surface area contributed by atoms with Crippen LogP contribution in [-0.2, 0) is 24.3 Å². The Morgan fingerprint density at radius 2 is 1.79 bits per heavy atom. The van der Waals surface area contributed by atoms with Crippen LogP contribution in [0.2, 0.25) is 0 Å². The Labute approximate surface area is 202 Å². The van der Waals surface area contributed by atoms with Gasteiger partial charge < -0.3 is 5.32 Å². The minimum Gasteiger partial charge on any atom is -0.352 e. The molecule has 0 radical (unpaired) electrons. The molecule has 1 amide bonds. The van der Waals surface area contributed by atoms with Crippen molar-refractivity contribution in [1.29, 1.82) is 0 Å². The van der Waals surface area contributed by atoms with Crippen LogP contribution in [0.25, 0.3) is 21.8 Å². The first-order chi connectivity index (χ1) is 16.7. The van der Waals surface area contributed by atoms with Gasteiger partial charge in [-0.15, -0.1) is 11.3 Å². The normalized spacial score (nSPS) is 10.8. The standard InChI is InChI=1S/C27H23N5OS/c33-26(16-23-19-34-27(31-23)25-8-3-4-13-28-25)29-17-22-6-1-2-7-24(22)21-11-9-20(10-12-21)18-32-15-5-14-30-32/h1-15,19H,16-18H2,(H,29,33). The number of amides is 1. The number of benzene rings is 2. The molecule has 0 aliphatic carbocycles. The van der Waals surface area contributed by atoms with Crippen LogP contribution < -0.4 is 5.32 Å². The Morgan fingerprint density at radius 3 is 2.59 bits per heavy atom. The van der Waals surface area contributed by atoms with E-state index >= 15 is 0 Å². The molecule has 0 saturated carbocycles. The molecule has 7 heteroatoms. The predicted molar refractivity (Wildman–Crippen MR) is 134 cm³/mol. The fourth-order valence-corrected chi connectivity index (χ4v) is 4.54. The van der Waals surface area contributed by atoms with Crippen molar-refractivity contribution in [3.63, 3.8) is 0 Å². The van der Waals surface area contributed by atoms with Crippen molar-refractivity contribution in [2.24, 2.45) is 0 Å².